The summed E-state index contributed by atoms with van der Waals surface area (Å²) in [6.07, 6.45) is 1.15. The van der Waals surface area contributed by atoms with Gasteiger partial charge in [-0.3, -0.25) is 0 Å². The molecule has 0 N–H and O–H groups in total. The van der Waals surface area contributed by atoms with Gasteiger partial charge in [0, 0.05) is 11.8 Å². The third kappa shape index (κ3) is 2.41. The molecule has 0 saturated carbocycles. The zero-order valence-corrected chi connectivity index (χ0v) is 10.6. The van der Waals surface area contributed by atoms with Crippen LogP contribution in [0.15, 0.2) is 53.4 Å². The van der Waals surface area contributed by atoms with Crippen LogP contribution in [-0.4, -0.2) is 14.7 Å². The standard InChI is InChI=1S/C14H11NO2S/c1-18(16,17)14-9-11(10-15)7-8-13(14)12-5-3-2-4-6-12/h2-9H,1H3. The second-order valence-electron chi connectivity index (χ2n) is 3.96. The first-order chi connectivity index (χ1) is 8.52. The van der Waals surface area contributed by atoms with Gasteiger partial charge in [0.25, 0.3) is 0 Å². The van der Waals surface area contributed by atoms with E-state index in [0.717, 1.165) is 11.8 Å². The highest BCUT2D eigenvalue weighted by molar-refractivity contribution is 7.90. The molecule has 0 bridgehead atoms. The van der Waals surface area contributed by atoms with Crippen molar-refractivity contribution < 1.29 is 8.42 Å². The molecule has 0 spiro atoms. The van der Waals surface area contributed by atoms with Gasteiger partial charge < -0.3 is 0 Å². The first-order valence-corrected chi connectivity index (χ1v) is 7.21. The number of hydrogen-bond acceptors (Lipinski definition) is 3. The van der Waals surface area contributed by atoms with E-state index in [1.807, 2.05) is 36.4 Å². The molecule has 2 aromatic carbocycles. The predicted octanol–water partition coefficient (Wildman–Crippen LogP) is 2.63. The van der Waals surface area contributed by atoms with Gasteiger partial charge in [0.05, 0.1) is 16.5 Å². The van der Waals surface area contributed by atoms with Crippen molar-refractivity contribution >= 4 is 9.84 Å². The molecular formula is C14H11NO2S. The van der Waals surface area contributed by atoms with Crippen LogP contribution in [0.3, 0.4) is 0 Å². The maximum Gasteiger partial charge on any atom is 0.176 e. The van der Waals surface area contributed by atoms with Gasteiger partial charge in [-0.25, -0.2) is 8.42 Å². The average molecular weight is 257 g/mol. The van der Waals surface area contributed by atoms with Crippen molar-refractivity contribution in [2.75, 3.05) is 6.26 Å². The van der Waals surface area contributed by atoms with Crippen molar-refractivity contribution in [1.29, 1.82) is 5.26 Å². The topological polar surface area (TPSA) is 57.9 Å². The summed E-state index contributed by atoms with van der Waals surface area (Å²) in [4.78, 5) is 0.188. The number of hydrogen-bond donors (Lipinski definition) is 0. The zero-order valence-electron chi connectivity index (χ0n) is 9.79. The SMILES string of the molecule is CS(=O)(=O)c1cc(C#N)ccc1-c1ccccc1. The Morgan fingerprint density at radius 1 is 1.06 bits per heavy atom. The van der Waals surface area contributed by atoms with Crippen molar-refractivity contribution in [3.8, 4) is 17.2 Å². The lowest BCUT2D eigenvalue weighted by atomic mass is 10.0. The van der Waals surface area contributed by atoms with Crippen LogP contribution >= 0.6 is 0 Å². The quantitative estimate of drug-likeness (QED) is 0.831. The van der Waals surface area contributed by atoms with E-state index in [9.17, 15) is 8.42 Å². The molecule has 0 fully saturated rings. The highest BCUT2D eigenvalue weighted by atomic mass is 32.2. The molecule has 0 amide bonds. The summed E-state index contributed by atoms with van der Waals surface area (Å²) in [5, 5.41) is 8.84. The summed E-state index contributed by atoms with van der Waals surface area (Å²) in [5.41, 5.74) is 1.79. The smallest absolute Gasteiger partial charge is 0.176 e. The monoisotopic (exact) mass is 257 g/mol. The predicted molar refractivity (Wildman–Crippen MR) is 69.7 cm³/mol. The number of nitriles is 1. The summed E-state index contributed by atoms with van der Waals surface area (Å²) in [7, 11) is -3.37. The third-order valence-electron chi connectivity index (χ3n) is 2.59. The minimum Gasteiger partial charge on any atom is -0.224 e. The number of benzene rings is 2. The van der Waals surface area contributed by atoms with E-state index < -0.39 is 9.84 Å². The van der Waals surface area contributed by atoms with Crippen LogP contribution in [0, 0.1) is 11.3 Å². The summed E-state index contributed by atoms with van der Waals surface area (Å²) < 4.78 is 23.6. The fourth-order valence-corrected chi connectivity index (χ4v) is 2.68. The van der Waals surface area contributed by atoms with E-state index in [-0.39, 0.29) is 4.90 Å². The molecule has 4 heteroatoms. The van der Waals surface area contributed by atoms with Crippen molar-refractivity contribution in [1.82, 2.24) is 0 Å². The Balaban J connectivity index is 2.74. The van der Waals surface area contributed by atoms with E-state index in [2.05, 4.69) is 0 Å². The molecule has 0 aromatic heterocycles. The average Bonchev–Trinajstić information content (AvgIpc) is 2.38. The van der Waals surface area contributed by atoms with Crippen LogP contribution in [0.4, 0.5) is 0 Å². The molecule has 0 aliphatic carbocycles. The van der Waals surface area contributed by atoms with Crippen LogP contribution in [0.2, 0.25) is 0 Å². The Morgan fingerprint density at radius 2 is 1.72 bits per heavy atom. The normalized spacial score (nSPS) is 10.9. The van der Waals surface area contributed by atoms with Crippen LogP contribution in [0.5, 0.6) is 0 Å². The molecule has 0 heterocycles. The zero-order chi connectivity index (χ0) is 13.2. The second-order valence-corrected chi connectivity index (χ2v) is 5.95. The van der Waals surface area contributed by atoms with Gasteiger partial charge in [-0.1, -0.05) is 36.4 Å². The fourth-order valence-electron chi connectivity index (χ4n) is 1.75. The molecule has 0 radical (unpaired) electrons. The minimum atomic E-state index is -3.37. The molecule has 3 nitrogen and oxygen atoms in total. The molecule has 2 rings (SSSR count). The molecular weight excluding hydrogens is 246 g/mol. The summed E-state index contributed by atoms with van der Waals surface area (Å²) in [6.45, 7) is 0. The van der Waals surface area contributed by atoms with Crippen molar-refractivity contribution in [2.45, 2.75) is 4.90 Å². The summed E-state index contributed by atoms with van der Waals surface area (Å²) in [5.74, 6) is 0. The van der Waals surface area contributed by atoms with Crippen LogP contribution in [0.1, 0.15) is 5.56 Å². The number of rotatable bonds is 2. The third-order valence-corrected chi connectivity index (χ3v) is 3.73. The molecule has 0 atom stereocenters. The maximum absolute atomic E-state index is 11.8. The highest BCUT2D eigenvalue weighted by Crippen LogP contribution is 2.28. The van der Waals surface area contributed by atoms with Gasteiger partial charge in [-0.15, -0.1) is 0 Å². The first kappa shape index (κ1) is 12.3. The summed E-state index contributed by atoms with van der Waals surface area (Å²) >= 11 is 0. The van der Waals surface area contributed by atoms with Crippen molar-refractivity contribution in [3.63, 3.8) is 0 Å². The van der Waals surface area contributed by atoms with Gasteiger partial charge in [0.1, 0.15) is 0 Å². The van der Waals surface area contributed by atoms with Crippen molar-refractivity contribution in [3.05, 3.63) is 54.1 Å². The number of sulfone groups is 1. The van der Waals surface area contributed by atoms with E-state index in [1.165, 1.54) is 6.07 Å². The first-order valence-electron chi connectivity index (χ1n) is 5.32. The molecule has 0 aliphatic heterocycles. The van der Waals surface area contributed by atoms with Gasteiger partial charge in [0.2, 0.25) is 0 Å². The van der Waals surface area contributed by atoms with E-state index in [1.54, 1.807) is 12.1 Å². The second kappa shape index (κ2) is 4.63. The lowest BCUT2D eigenvalue weighted by molar-refractivity contribution is 0.602. The van der Waals surface area contributed by atoms with Crippen LogP contribution in [-0.2, 0) is 9.84 Å². The Bertz CT molecular complexity index is 713. The Labute approximate surface area is 106 Å². The Hall–Kier alpha value is -2.12. The minimum absolute atomic E-state index is 0.188. The molecule has 90 valence electrons. The Morgan fingerprint density at radius 3 is 2.28 bits per heavy atom. The van der Waals surface area contributed by atoms with Crippen LogP contribution < -0.4 is 0 Å². The van der Waals surface area contributed by atoms with E-state index in [0.29, 0.717) is 11.1 Å². The van der Waals surface area contributed by atoms with E-state index >= 15 is 0 Å². The van der Waals surface area contributed by atoms with Gasteiger partial charge >= 0.3 is 0 Å². The van der Waals surface area contributed by atoms with E-state index in [4.69, 9.17) is 5.26 Å². The molecule has 2 aromatic rings. The maximum atomic E-state index is 11.8. The van der Waals surface area contributed by atoms with Gasteiger partial charge in [-0.05, 0) is 17.7 Å². The molecule has 18 heavy (non-hydrogen) atoms. The largest absolute Gasteiger partial charge is 0.224 e. The number of nitrogens with zero attached hydrogens (tertiary/aromatic N) is 1. The lowest BCUT2D eigenvalue weighted by Crippen LogP contribution is -2.00. The molecule has 0 saturated heterocycles. The highest BCUT2D eigenvalue weighted by Gasteiger charge is 2.15. The van der Waals surface area contributed by atoms with Crippen molar-refractivity contribution in [2.24, 2.45) is 0 Å². The molecule has 0 unspecified atom stereocenters. The Kier molecular flexibility index (Phi) is 3.17. The fraction of sp³-hybridized carbons (Fsp3) is 0.0714. The molecule has 0 aliphatic rings. The van der Waals surface area contributed by atoms with Crippen LogP contribution in [0.25, 0.3) is 11.1 Å². The van der Waals surface area contributed by atoms with Gasteiger partial charge in [-0.2, -0.15) is 5.26 Å². The summed E-state index contributed by atoms with van der Waals surface area (Å²) in [6, 6.07) is 15.9. The lowest BCUT2D eigenvalue weighted by Gasteiger charge is -2.08. The van der Waals surface area contributed by atoms with Gasteiger partial charge in [0.15, 0.2) is 9.84 Å².